The molecule has 1 aromatic carbocycles. The van der Waals surface area contributed by atoms with E-state index in [-0.39, 0.29) is 29.9 Å². The van der Waals surface area contributed by atoms with E-state index < -0.39 is 0 Å². The minimum absolute atomic E-state index is 0.0697. The van der Waals surface area contributed by atoms with E-state index in [0.717, 1.165) is 13.0 Å². The number of hydrogen-bond acceptors (Lipinski definition) is 6. The topological polar surface area (TPSA) is 93.3 Å². The van der Waals surface area contributed by atoms with Gasteiger partial charge in [0.15, 0.2) is 16.7 Å². The third kappa shape index (κ3) is 4.88. The summed E-state index contributed by atoms with van der Waals surface area (Å²) in [5.41, 5.74) is 2.52. The van der Waals surface area contributed by atoms with Gasteiger partial charge in [-0.2, -0.15) is 0 Å². The Balaban J connectivity index is 1.36. The summed E-state index contributed by atoms with van der Waals surface area (Å²) in [6.07, 6.45) is 4.05. The van der Waals surface area contributed by atoms with Crippen molar-refractivity contribution in [3.63, 3.8) is 0 Å². The van der Waals surface area contributed by atoms with E-state index in [9.17, 15) is 9.59 Å². The highest BCUT2D eigenvalue weighted by Gasteiger charge is 2.22. The molecule has 2 aromatic heterocycles. The van der Waals surface area contributed by atoms with Gasteiger partial charge in [-0.05, 0) is 29.7 Å². The largest absolute Gasteiger partial charge is 0.459 e. The number of benzene rings is 1. The Hall–Kier alpha value is -3.33. The van der Waals surface area contributed by atoms with Crippen molar-refractivity contribution in [3.05, 3.63) is 78.0 Å². The van der Waals surface area contributed by atoms with Crippen LogP contribution in [0.4, 0.5) is 0 Å². The van der Waals surface area contributed by atoms with Crippen molar-refractivity contribution in [2.45, 2.75) is 31.2 Å². The molecule has 9 heteroatoms. The van der Waals surface area contributed by atoms with Gasteiger partial charge in [0.1, 0.15) is 0 Å². The zero-order chi connectivity index (χ0) is 21.6. The first-order chi connectivity index (χ1) is 15.2. The van der Waals surface area contributed by atoms with Gasteiger partial charge in [-0.1, -0.05) is 42.1 Å². The van der Waals surface area contributed by atoms with E-state index in [2.05, 4.69) is 34.2 Å². The summed E-state index contributed by atoms with van der Waals surface area (Å²) < 4.78 is 6.94. The van der Waals surface area contributed by atoms with Gasteiger partial charge in [0.05, 0.1) is 18.6 Å². The predicted molar refractivity (Wildman–Crippen MR) is 116 cm³/mol. The minimum Gasteiger partial charge on any atom is -0.459 e. The number of amides is 2. The molecular weight excluding hydrogens is 414 g/mol. The standard InChI is InChI=1S/C22H23N5O3S/c1-2-10-27-19(13-23-21(29)18-8-5-12-30-18)24-25-22(27)31-15-20(28)26-11-9-16-6-3-4-7-17(16)14-26/h2-8,12H,1,9-11,13-15H2,(H,23,29). The van der Waals surface area contributed by atoms with E-state index in [1.807, 2.05) is 21.6 Å². The highest BCUT2D eigenvalue weighted by Crippen LogP contribution is 2.22. The van der Waals surface area contributed by atoms with Crippen molar-refractivity contribution in [1.29, 1.82) is 0 Å². The van der Waals surface area contributed by atoms with Crippen LogP contribution in [0.2, 0.25) is 0 Å². The lowest BCUT2D eigenvalue weighted by molar-refractivity contribution is -0.129. The Bertz CT molecular complexity index is 1080. The second-order valence-electron chi connectivity index (χ2n) is 7.08. The third-order valence-corrected chi connectivity index (χ3v) is 6.02. The van der Waals surface area contributed by atoms with Gasteiger partial charge >= 0.3 is 0 Å². The Labute approximate surface area is 184 Å². The second-order valence-corrected chi connectivity index (χ2v) is 8.02. The number of rotatable bonds is 8. The maximum atomic E-state index is 12.8. The first-order valence-corrected chi connectivity index (χ1v) is 11.0. The Morgan fingerprint density at radius 2 is 2.03 bits per heavy atom. The molecule has 160 valence electrons. The lowest BCUT2D eigenvalue weighted by atomic mass is 10.00. The van der Waals surface area contributed by atoms with Gasteiger partial charge in [0.25, 0.3) is 5.91 Å². The van der Waals surface area contributed by atoms with Crippen LogP contribution in [0.5, 0.6) is 0 Å². The van der Waals surface area contributed by atoms with Crippen LogP contribution in [0, 0.1) is 0 Å². The number of allylic oxidation sites excluding steroid dienone is 1. The molecule has 1 aliphatic heterocycles. The summed E-state index contributed by atoms with van der Waals surface area (Å²) in [6.45, 7) is 5.81. The molecular formula is C22H23N5O3S. The van der Waals surface area contributed by atoms with Crippen LogP contribution >= 0.6 is 11.8 Å². The Morgan fingerprint density at radius 1 is 1.19 bits per heavy atom. The van der Waals surface area contributed by atoms with Gasteiger partial charge in [-0.3, -0.25) is 9.59 Å². The summed E-state index contributed by atoms with van der Waals surface area (Å²) in [5.74, 6) is 0.837. The van der Waals surface area contributed by atoms with Crippen molar-refractivity contribution >= 4 is 23.6 Å². The molecule has 31 heavy (non-hydrogen) atoms. The van der Waals surface area contributed by atoms with Crippen molar-refractivity contribution in [2.24, 2.45) is 0 Å². The molecule has 8 nitrogen and oxygen atoms in total. The molecule has 0 saturated heterocycles. The van der Waals surface area contributed by atoms with Crippen LogP contribution in [0.15, 0.2) is 64.9 Å². The van der Waals surface area contributed by atoms with Crippen LogP contribution in [-0.2, 0) is 30.8 Å². The number of carbonyl (C=O) groups excluding carboxylic acids is 2. The Kier molecular flexibility index (Phi) is 6.51. The highest BCUT2D eigenvalue weighted by molar-refractivity contribution is 7.99. The summed E-state index contributed by atoms with van der Waals surface area (Å²) in [5, 5.41) is 11.8. The number of carbonyl (C=O) groups is 2. The summed E-state index contributed by atoms with van der Waals surface area (Å²) >= 11 is 1.34. The predicted octanol–water partition coefficient (Wildman–Crippen LogP) is 2.66. The lowest BCUT2D eigenvalue weighted by Crippen LogP contribution is -2.37. The summed E-state index contributed by atoms with van der Waals surface area (Å²) in [7, 11) is 0. The number of hydrogen-bond donors (Lipinski definition) is 1. The zero-order valence-electron chi connectivity index (χ0n) is 17.0. The number of nitrogens with one attached hydrogen (secondary N) is 1. The average molecular weight is 438 g/mol. The monoisotopic (exact) mass is 437 g/mol. The van der Waals surface area contributed by atoms with E-state index in [1.165, 1.54) is 29.2 Å². The number of furan rings is 1. The van der Waals surface area contributed by atoms with Crippen LogP contribution in [-0.4, -0.2) is 43.8 Å². The fraction of sp³-hybridized carbons (Fsp3) is 0.273. The van der Waals surface area contributed by atoms with E-state index in [0.29, 0.717) is 24.1 Å². The van der Waals surface area contributed by atoms with E-state index >= 15 is 0 Å². The highest BCUT2D eigenvalue weighted by atomic mass is 32.2. The van der Waals surface area contributed by atoms with Gasteiger partial charge in [0.2, 0.25) is 5.91 Å². The number of nitrogens with zero attached hydrogens (tertiary/aromatic N) is 4. The summed E-state index contributed by atoms with van der Waals surface area (Å²) in [6, 6.07) is 11.5. The number of aromatic nitrogens is 3. The van der Waals surface area contributed by atoms with Crippen molar-refractivity contribution in [2.75, 3.05) is 12.3 Å². The average Bonchev–Trinajstić information content (AvgIpc) is 3.46. The van der Waals surface area contributed by atoms with E-state index in [1.54, 1.807) is 18.2 Å². The zero-order valence-corrected chi connectivity index (χ0v) is 17.8. The molecule has 0 aliphatic carbocycles. The van der Waals surface area contributed by atoms with Gasteiger partial charge in [0, 0.05) is 19.6 Å². The molecule has 0 bridgehead atoms. The molecule has 0 fully saturated rings. The van der Waals surface area contributed by atoms with Crippen LogP contribution in [0.1, 0.15) is 27.5 Å². The molecule has 0 saturated carbocycles. The normalized spacial score (nSPS) is 13.0. The first-order valence-electron chi connectivity index (χ1n) is 9.97. The van der Waals surface area contributed by atoms with E-state index in [4.69, 9.17) is 4.42 Å². The lowest BCUT2D eigenvalue weighted by Gasteiger charge is -2.28. The molecule has 2 amide bonds. The molecule has 0 spiro atoms. The SMILES string of the molecule is C=CCn1c(CNC(=O)c2ccco2)nnc1SCC(=O)N1CCc2ccccc2C1. The smallest absolute Gasteiger partial charge is 0.287 e. The minimum atomic E-state index is -0.326. The molecule has 0 radical (unpaired) electrons. The fourth-order valence-electron chi connectivity index (χ4n) is 3.45. The molecule has 4 rings (SSSR count). The molecule has 3 heterocycles. The van der Waals surface area contributed by atoms with Crippen molar-refractivity contribution in [1.82, 2.24) is 25.0 Å². The molecule has 0 atom stereocenters. The van der Waals surface area contributed by atoms with Gasteiger partial charge in [-0.15, -0.1) is 16.8 Å². The van der Waals surface area contributed by atoms with Crippen molar-refractivity contribution < 1.29 is 14.0 Å². The maximum absolute atomic E-state index is 12.8. The molecule has 3 aromatic rings. The number of thioether (sulfide) groups is 1. The van der Waals surface area contributed by atoms with Gasteiger partial charge in [-0.25, -0.2) is 0 Å². The van der Waals surface area contributed by atoms with Crippen molar-refractivity contribution in [3.8, 4) is 0 Å². The third-order valence-electron chi connectivity index (χ3n) is 5.07. The summed E-state index contributed by atoms with van der Waals surface area (Å²) in [4.78, 5) is 26.7. The quantitative estimate of drug-likeness (QED) is 0.430. The first kappa shape index (κ1) is 20.9. The van der Waals surface area contributed by atoms with Gasteiger partial charge < -0.3 is 19.2 Å². The molecule has 1 N–H and O–H groups in total. The van der Waals surface area contributed by atoms with Crippen LogP contribution in [0.3, 0.4) is 0 Å². The molecule has 0 unspecified atom stereocenters. The molecule has 1 aliphatic rings. The number of fused-ring (bicyclic) bond motifs is 1. The Morgan fingerprint density at radius 3 is 2.81 bits per heavy atom. The fourth-order valence-corrected chi connectivity index (χ4v) is 4.32. The maximum Gasteiger partial charge on any atom is 0.287 e. The second kappa shape index (κ2) is 9.65. The van der Waals surface area contributed by atoms with Crippen LogP contribution < -0.4 is 5.32 Å². The van der Waals surface area contributed by atoms with Crippen LogP contribution in [0.25, 0.3) is 0 Å².